The van der Waals surface area contributed by atoms with Gasteiger partial charge in [0.15, 0.2) is 0 Å². The Hall–Kier alpha value is 0.100. The van der Waals surface area contributed by atoms with Crippen molar-refractivity contribution in [2.75, 3.05) is 20.6 Å². The van der Waals surface area contributed by atoms with Gasteiger partial charge in [-0.05, 0) is 55.5 Å². The van der Waals surface area contributed by atoms with E-state index in [4.69, 9.17) is 0 Å². The van der Waals surface area contributed by atoms with Crippen LogP contribution >= 0.6 is 27.3 Å². The highest BCUT2D eigenvalue weighted by molar-refractivity contribution is 9.11. The van der Waals surface area contributed by atoms with Gasteiger partial charge >= 0.3 is 0 Å². The van der Waals surface area contributed by atoms with E-state index in [9.17, 15) is 0 Å². The Labute approximate surface area is 105 Å². The maximum absolute atomic E-state index is 3.55. The lowest BCUT2D eigenvalue weighted by molar-refractivity contribution is 0.349. The monoisotopic (exact) mass is 290 g/mol. The first kappa shape index (κ1) is 13.2. The molecule has 0 radical (unpaired) electrons. The average molecular weight is 291 g/mol. The summed E-state index contributed by atoms with van der Waals surface area (Å²) in [5.41, 5.74) is 1.33. The second-order valence-electron chi connectivity index (χ2n) is 4.21. The minimum absolute atomic E-state index is 0.529. The number of hydrogen-bond acceptors (Lipinski definition) is 3. The average Bonchev–Trinajstić information content (AvgIpc) is 2.42. The van der Waals surface area contributed by atoms with Gasteiger partial charge < -0.3 is 10.2 Å². The van der Waals surface area contributed by atoms with Crippen LogP contribution in [0.25, 0.3) is 0 Å². The van der Waals surface area contributed by atoms with E-state index in [1.165, 1.54) is 14.2 Å². The number of rotatable bonds is 5. The molecule has 0 aliphatic carbocycles. The molecular weight excluding hydrogens is 272 g/mol. The van der Waals surface area contributed by atoms with Crippen molar-refractivity contribution in [2.45, 2.75) is 26.4 Å². The van der Waals surface area contributed by atoms with Crippen molar-refractivity contribution in [3.63, 3.8) is 0 Å². The van der Waals surface area contributed by atoms with E-state index in [2.05, 4.69) is 60.2 Å². The Bertz CT molecular complexity index is 290. The minimum Gasteiger partial charge on any atom is -0.308 e. The smallest absolute Gasteiger partial charge is 0.0730 e. The summed E-state index contributed by atoms with van der Waals surface area (Å²) in [5.74, 6) is 0. The number of nitrogens with zero attached hydrogens (tertiary/aromatic N) is 1. The van der Waals surface area contributed by atoms with Gasteiger partial charge in [0.05, 0.1) is 3.79 Å². The molecule has 0 fully saturated rings. The molecule has 1 atom stereocenters. The third-order valence-corrected chi connectivity index (χ3v) is 4.31. The first-order chi connectivity index (χ1) is 6.99. The molecule has 0 saturated carbocycles. The van der Waals surface area contributed by atoms with E-state index in [0.29, 0.717) is 6.04 Å². The van der Waals surface area contributed by atoms with E-state index < -0.39 is 0 Å². The lowest BCUT2D eigenvalue weighted by atomic mass is 10.3. The van der Waals surface area contributed by atoms with Crippen molar-refractivity contribution in [2.24, 2.45) is 0 Å². The topological polar surface area (TPSA) is 15.3 Å². The first-order valence-corrected chi connectivity index (χ1v) is 6.73. The Morgan fingerprint density at radius 1 is 1.53 bits per heavy atom. The number of aryl methyl sites for hydroxylation is 1. The zero-order chi connectivity index (χ0) is 11.4. The Morgan fingerprint density at radius 3 is 2.67 bits per heavy atom. The molecule has 1 aromatic rings. The van der Waals surface area contributed by atoms with Crippen molar-refractivity contribution in [1.82, 2.24) is 10.2 Å². The van der Waals surface area contributed by atoms with Crippen LogP contribution in [-0.2, 0) is 6.54 Å². The van der Waals surface area contributed by atoms with Crippen molar-refractivity contribution >= 4 is 27.3 Å². The maximum atomic E-state index is 3.55. The van der Waals surface area contributed by atoms with Gasteiger partial charge in [0.2, 0.25) is 0 Å². The van der Waals surface area contributed by atoms with Gasteiger partial charge in [-0.2, -0.15) is 0 Å². The quantitative estimate of drug-likeness (QED) is 0.897. The lowest BCUT2D eigenvalue weighted by Crippen LogP contribution is -2.35. The number of likely N-dealkylation sites (N-methyl/N-ethyl adjacent to an activating group) is 1. The SMILES string of the molecule is Cc1cc(CNC(C)CN(C)C)sc1Br. The zero-order valence-corrected chi connectivity index (χ0v) is 12.2. The third kappa shape index (κ3) is 4.64. The normalized spacial score (nSPS) is 13.5. The molecule has 0 saturated heterocycles. The van der Waals surface area contributed by atoms with Gasteiger partial charge in [-0.3, -0.25) is 0 Å². The lowest BCUT2D eigenvalue weighted by Gasteiger charge is -2.17. The van der Waals surface area contributed by atoms with E-state index in [1.54, 1.807) is 0 Å². The molecule has 2 nitrogen and oxygen atoms in total. The molecule has 1 heterocycles. The van der Waals surface area contributed by atoms with Gasteiger partial charge in [0.1, 0.15) is 0 Å². The van der Waals surface area contributed by atoms with Gasteiger partial charge in [-0.25, -0.2) is 0 Å². The Balaban J connectivity index is 2.36. The minimum atomic E-state index is 0.529. The van der Waals surface area contributed by atoms with E-state index in [1.807, 2.05) is 11.3 Å². The Kier molecular flexibility index (Phi) is 5.26. The predicted molar refractivity (Wildman–Crippen MR) is 71.6 cm³/mol. The van der Waals surface area contributed by atoms with Gasteiger partial charge in [0, 0.05) is 24.0 Å². The number of nitrogens with one attached hydrogen (secondary N) is 1. The summed E-state index contributed by atoms with van der Waals surface area (Å²) in [7, 11) is 4.20. The first-order valence-electron chi connectivity index (χ1n) is 5.12. The van der Waals surface area contributed by atoms with Crippen LogP contribution in [0.3, 0.4) is 0 Å². The van der Waals surface area contributed by atoms with Crippen LogP contribution < -0.4 is 5.32 Å². The summed E-state index contributed by atoms with van der Waals surface area (Å²) in [6.45, 7) is 6.39. The maximum Gasteiger partial charge on any atom is 0.0730 e. The molecule has 0 bridgehead atoms. The van der Waals surface area contributed by atoms with Crippen molar-refractivity contribution in [3.05, 3.63) is 20.3 Å². The predicted octanol–water partition coefficient (Wildman–Crippen LogP) is 2.86. The molecule has 4 heteroatoms. The standard InChI is InChI=1S/C11H19BrN2S/c1-8-5-10(15-11(8)12)6-13-9(2)7-14(3)4/h5,9,13H,6-7H2,1-4H3. The summed E-state index contributed by atoms with van der Waals surface area (Å²) in [4.78, 5) is 3.60. The summed E-state index contributed by atoms with van der Waals surface area (Å²) in [6, 6.07) is 2.77. The van der Waals surface area contributed by atoms with Crippen LogP contribution in [-0.4, -0.2) is 31.6 Å². The van der Waals surface area contributed by atoms with Gasteiger partial charge in [0.25, 0.3) is 0 Å². The van der Waals surface area contributed by atoms with Crippen LogP contribution in [0, 0.1) is 6.92 Å². The van der Waals surface area contributed by atoms with Crippen LogP contribution in [0.4, 0.5) is 0 Å². The zero-order valence-electron chi connectivity index (χ0n) is 9.80. The van der Waals surface area contributed by atoms with Crippen LogP contribution in [0.2, 0.25) is 0 Å². The van der Waals surface area contributed by atoms with Crippen LogP contribution in [0.15, 0.2) is 9.85 Å². The van der Waals surface area contributed by atoms with Crippen LogP contribution in [0.1, 0.15) is 17.4 Å². The molecular formula is C11H19BrN2S. The van der Waals surface area contributed by atoms with Crippen LogP contribution in [0.5, 0.6) is 0 Å². The fraction of sp³-hybridized carbons (Fsp3) is 0.636. The largest absolute Gasteiger partial charge is 0.308 e. The second kappa shape index (κ2) is 5.99. The second-order valence-corrected chi connectivity index (χ2v) is 6.67. The highest BCUT2D eigenvalue weighted by Crippen LogP contribution is 2.27. The summed E-state index contributed by atoms with van der Waals surface area (Å²) in [6.07, 6.45) is 0. The molecule has 15 heavy (non-hydrogen) atoms. The highest BCUT2D eigenvalue weighted by Gasteiger charge is 2.05. The summed E-state index contributed by atoms with van der Waals surface area (Å²) < 4.78 is 1.25. The number of thiophene rings is 1. The van der Waals surface area contributed by atoms with Crippen molar-refractivity contribution in [1.29, 1.82) is 0 Å². The summed E-state index contributed by atoms with van der Waals surface area (Å²) in [5, 5.41) is 3.52. The molecule has 1 rings (SSSR count). The fourth-order valence-corrected chi connectivity index (χ4v) is 3.08. The molecule has 0 spiro atoms. The number of hydrogen-bond donors (Lipinski definition) is 1. The highest BCUT2D eigenvalue weighted by atomic mass is 79.9. The molecule has 0 aliphatic rings. The van der Waals surface area contributed by atoms with Crippen molar-refractivity contribution < 1.29 is 0 Å². The fourth-order valence-electron chi connectivity index (χ4n) is 1.50. The van der Waals surface area contributed by atoms with Gasteiger partial charge in [-0.15, -0.1) is 11.3 Å². The third-order valence-electron chi connectivity index (χ3n) is 2.17. The van der Waals surface area contributed by atoms with Crippen molar-refractivity contribution in [3.8, 4) is 0 Å². The number of halogens is 1. The molecule has 1 unspecified atom stereocenters. The molecule has 0 aromatic carbocycles. The van der Waals surface area contributed by atoms with Gasteiger partial charge in [-0.1, -0.05) is 0 Å². The summed E-state index contributed by atoms with van der Waals surface area (Å²) >= 11 is 5.36. The molecule has 1 N–H and O–H groups in total. The molecule has 0 amide bonds. The van der Waals surface area contributed by atoms with E-state index >= 15 is 0 Å². The molecule has 1 aromatic heterocycles. The molecule has 0 aliphatic heterocycles. The Morgan fingerprint density at radius 2 is 2.20 bits per heavy atom. The van der Waals surface area contributed by atoms with E-state index in [0.717, 1.165) is 13.1 Å². The van der Waals surface area contributed by atoms with E-state index in [-0.39, 0.29) is 0 Å². The molecule has 86 valence electrons.